The molecule has 0 aromatic carbocycles. The third-order valence-electron chi connectivity index (χ3n) is 2.18. The first-order chi connectivity index (χ1) is 3.71. The molecule has 2 nitrogen and oxygen atoms in total. The highest BCUT2D eigenvalue weighted by Gasteiger charge is 2.45. The van der Waals surface area contributed by atoms with Crippen LogP contribution in [0.15, 0.2) is 0 Å². The van der Waals surface area contributed by atoms with Crippen molar-refractivity contribution >= 4 is 0 Å². The maximum Gasteiger partial charge on any atom is 0.0580 e. The van der Waals surface area contributed by atoms with Crippen LogP contribution in [0.3, 0.4) is 0 Å². The lowest BCUT2D eigenvalue weighted by Gasteiger charge is -2.14. The van der Waals surface area contributed by atoms with Gasteiger partial charge in [0.2, 0.25) is 0 Å². The van der Waals surface area contributed by atoms with Crippen molar-refractivity contribution < 1.29 is 5.11 Å². The van der Waals surface area contributed by atoms with Crippen LogP contribution >= 0.6 is 0 Å². The van der Waals surface area contributed by atoms with E-state index in [4.69, 9.17) is 10.8 Å². The van der Waals surface area contributed by atoms with Gasteiger partial charge >= 0.3 is 0 Å². The Bertz CT molecular complexity index is 86.5. The zero-order chi connectivity index (χ0) is 6.20. The van der Waals surface area contributed by atoms with Gasteiger partial charge in [-0.25, -0.2) is 0 Å². The van der Waals surface area contributed by atoms with Gasteiger partial charge in [0.25, 0.3) is 0 Å². The summed E-state index contributed by atoms with van der Waals surface area (Å²) in [7, 11) is 0. The quantitative estimate of drug-likeness (QED) is 0.536. The molecule has 48 valence electrons. The highest BCUT2D eigenvalue weighted by Crippen LogP contribution is 2.47. The normalized spacial score (nSPS) is 27.4. The first kappa shape index (κ1) is 6.05. The Balaban J connectivity index is 2.41. The van der Waals surface area contributed by atoms with E-state index >= 15 is 0 Å². The monoisotopic (exact) mass is 115 g/mol. The van der Waals surface area contributed by atoms with E-state index in [0.717, 1.165) is 12.8 Å². The summed E-state index contributed by atoms with van der Waals surface area (Å²) < 4.78 is 0. The minimum absolute atomic E-state index is 0.125. The minimum Gasteiger partial charge on any atom is -0.393 e. The highest BCUT2D eigenvalue weighted by atomic mass is 16.3. The van der Waals surface area contributed by atoms with Crippen LogP contribution in [-0.2, 0) is 0 Å². The van der Waals surface area contributed by atoms with Gasteiger partial charge in [0.05, 0.1) is 6.10 Å². The Morgan fingerprint density at radius 3 is 2.25 bits per heavy atom. The van der Waals surface area contributed by atoms with Gasteiger partial charge in [-0.05, 0) is 19.8 Å². The highest BCUT2D eigenvalue weighted by molar-refractivity contribution is 4.97. The maximum absolute atomic E-state index is 9.06. The topological polar surface area (TPSA) is 46.2 Å². The van der Waals surface area contributed by atoms with Crippen LogP contribution in [0.5, 0.6) is 0 Å². The molecule has 2 heteroatoms. The molecule has 0 aliphatic heterocycles. The smallest absolute Gasteiger partial charge is 0.0580 e. The van der Waals surface area contributed by atoms with Crippen molar-refractivity contribution in [2.24, 2.45) is 11.1 Å². The van der Waals surface area contributed by atoms with E-state index < -0.39 is 0 Å². The number of hydrogen-bond donors (Lipinski definition) is 2. The maximum atomic E-state index is 9.06. The molecule has 0 saturated heterocycles. The second kappa shape index (κ2) is 1.71. The fraction of sp³-hybridized carbons (Fsp3) is 1.00. The van der Waals surface area contributed by atoms with Crippen molar-refractivity contribution in [2.75, 3.05) is 6.54 Å². The van der Waals surface area contributed by atoms with E-state index in [1.54, 1.807) is 0 Å². The lowest BCUT2D eigenvalue weighted by Crippen LogP contribution is -2.26. The number of aliphatic hydroxyl groups is 1. The fourth-order valence-electron chi connectivity index (χ4n) is 0.953. The van der Waals surface area contributed by atoms with Crippen LogP contribution in [-0.4, -0.2) is 17.8 Å². The van der Waals surface area contributed by atoms with Crippen molar-refractivity contribution in [1.29, 1.82) is 0 Å². The molecular weight excluding hydrogens is 102 g/mol. The molecule has 0 aromatic rings. The standard InChI is InChI=1S/C6H13NO/c1-5(8)6(4-7)2-3-6/h5,8H,2-4,7H2,1H3. The Morgan fingerprint density at radius 1 is 1.75 bits per heavy atom. The van der Waals surface area contributed by atoms with Crippen LogP contribution in [0.1, 0.15) is 19.8 Å². The second-order valence-corrected chi connectivity index (χ2v) is 2.74. The van der Waals surface area contributed by atoms with Gasteiger partial charge in [-0.1, -0.05) is 0 Å². The molecule has 1 aliphatic carbocycles. The Labute approximate surface area is 49.7 Å². The van der Waals surface area contributed by atoms with Gasteiger partial charge in [0.15, 0.2) is 0 Å². The molecule has 0 aromatic heterocycles. The summed E-state index contributed by atoms with van der Waals surface area (Å²) in [5, 5.41) is 9.06. The van der Waals surface area contributed by atoms with Crippen LogP contribution in [0, 0.1) is 5.41 Å². The molecule has 0 heterocycles. The van der Waals surface area contributed by atoms with Crippen molar-refractivity contribution in [3.05, 3.63) is 0 Å². The van der Waals surface area contributed by atoms with Gasteiger partial charge < -0.3 is 10.8 Å². The van der Waals surface area contributed by atoms with E-state index in [9.17, 15) is 0 Å². The molecule has 1 fully saturated rings. The largest absolute Gasteiger partial charge is 0.393 e. The molecule has 1 unspecified atom stereocenters. The predicted octanol–water partition coefficient (Wildman–Crippen LogP) is 0.106. The van der Waals surface area contributed by atoms with Gasteiger partial charge in [-0.3, -0.25) is 0 Å². The lowest BCUT2D eigenvalue weighted by molar-refractivity contribution is 0.115. The molecule has 0 spiro atoms. The SMILES string of the molecule is CC(O)C1(CN)CC1. The summed E-state index contributed by atoms with van der Waals surface area (Å²) in [4.78, 5) is 0. The Hall–Kier alpha value is -0.0800. The van der Waals surface area contributed by atoms with Gasteiger partial charge in [0, 0.05) is 12.0 Å². The molecule has 3 N–H and O–H groups in total. The molecule has 8 heavy (non-hydrogen) atoms. The van der Waals surface area contributed by atoms with Crippen LogP contribution in [0.25, 0.3) is 0 Å². The molecule has 1 saturated carbocycles. The second-order valence-electron chi connectivity index (χ2n) is 2.74. The lowest BCUT2D eigenvalue weighted by atomic mass is 10.0. The molecule has 0 amide bonds. The average molecular weight is 115 g/mol. The molecule has 1 rings (SSSR count). The first-order valence-electron chi connectivity index (χ1n) is 3.09. The molecular formula is C6H13NO. The van der Waals surface area contributed by atoms with Crippen LogP contribution in [0.2, 0.25) is 0 Å². The Morgan fingerprint density at radius 2 is 2.25 bits per heavy atom. The van der Waals surface area contributed by atoms with E-state index in [0.29, 0.717) is 6.54 Å². The van der Waals surface area contributed by atoms with E-state index in [-0.39, 0.29) is 11.5 Å². The fourth-order valence-corrected chi connectivity index (χ4v) is 0.953. The predicted molar refractivity (Wildman–Crippen MR) is 32.4 cm³/mol. The van der Waals surface area contributed by atoms with E-state index in [2.05, 4.69) is 0 Å². The average Bonchev–Trinajstić information content (AvgIpc) is 2.44. The molecule has 0 radical (unpaired) electrons. The Kier molecular flexibility index (Phi) is 1.29. The summed E-state index contributed by atoms with van der Waals surface area (Å²) in [6.45, 7) is 2.46. The molecule has 1 atom stereocenters. The van der Waals surface area contributed by atoms with Gasteiger partial charge in [-0.2, -0.15) is 0 Å². The van der Waals surface area contributed by atoms with Crippen molar-refractivity contribution in [3.63, 3.8) is 0 Å². The summed E-state index contributed by atoms with van der Waals surface area (Å²) in [6.07, 6.45) is 2.02. The zero-order valence-electron chi connectivity index (χ0n) is 5.22. The van der Waals surface area contributed by atoms with E-state index in [1.165, 1.54) is 0 Å². The summed E-state index contributed by atoms with van der Waals surface area (Å²) in [5.41, 5.74) is 5.53. The number of rotatable bonds is 2. The van der Waals surface area contributed by atoms with Gasteiger partial charge in [-0.15, -0.1) is 0 Å². The van der Waals surface area contributed by atoms with Crippen LogP contribution < -0.4 is 5.73 Å². The summed E-state index contributed by atoms with van der Waals surface area (Å²) in [6, 6.07) is 0. The minimum atomic E-state index is -0.201. The third kappa shape index (κ3) is 0.740. The summed E-state index contributed by atoms with van der Waals surface area (Å²) >= 11 is 0. The van der Waals surface area contributed by atoms with Crippen LogP contribution in [0.4, 0.5) is 0 Å². The third-order valence-corrected chi connectivity index (χ3v) is 2.18. The van der Waals surface area contributed by atoms with Crippen molar-refractivity contribution in [1.82, 2.24) is 0 Å². The zero-order valence-corrected chi connectivity index (χ0v) is 5.22. The number of aliphatic hydroxyl groups excluding tert-OH is 1. The first-order valence-corrected chi connectivity index (χ1v) is 3.09. The molecule has 0 bridgehead atoms. The van der Waals surface area contributed by atoms with Crippen molar-refractivity contribution in [3.8, 4) is 0 Å². The molecule has 1 aliphatic rings. The van der Waals surface area contributed by atoms with Gasteiger partial charge in [0.1, 0.15) is 0 Å². The number of nitrogens with two attached hydrogens (primary N) is 1. The van der Waals surface area contributed by atoms with Crippen molar-refractivity contribution in [2.45, 2.75) is 25.9 Å². The number of hydrogen-bond acceptors (Lipinski definition) is 2. The summed E-state index contributed by atoms with van der Waals surface area (Å²) in [5.74, 6) is 0. The van der Waals surface area contributed by atoms with E-state index in [1.807, 2.05) is 6.92 Å².